The first kappa shape index (κ1) is 12.5. The van der Waals surface area contributed by atoms with Crippen LogP contribution in [0.5, 0.6) is 0 Å². The van der Waals surface area contributed by atoms with Crippen LogP contribution in [-0.2, 0) is 0 Å². The highest BCUT2D eigenvalue weighted by atomic mass is 16.1. The average molecular weight is 247 g/mol. The lowest BCUT2D eigenvalue weighted by atomic mass is 10.1. The van der Waals surface area contributed by atoms with Gasteiger partial charge in [0, 0.05) is 18.4 Å². The standard InChI is InChI=1S/C12H17N5O/c1-9(3-2-4-13)16-12(18)10-7-15-17-6-5-14-8-11(10)17/h5-9H,2-4,13H2,1H3,(H,16,18). The summed E-state index contributed by atoms with van der Waals surface area (Å²) in [6, 6.07) is 0.104. The van der Waals surface area contributed by atoms with Crippen molar-refractivity contribution >= 4 is 11.4 Å². The van der Waals surface area contributed by atoms with Gasteiger partial charge in [0.05, 0.1) is 23.5 Å². The fourth-order valence-electron chi connectivity index (χ4n) is 1.81. The van der Waals surface area contributed by atoms with E-state index in [9.17, 15) is 4.79 Å². The van der Waals surface area contributed by atoms with Crippen molar-refractivity contribution in [2.75, 3.05) is 6.54 Å². The number of hydrogen-bond acceptors (Lipinski definition) is 4. The minimum absolute atomic E-state index is 0.104. The molecular formula is C12H17N5O. The Hall–Kier alpha value is -1.95. The first-order valence-electron chi connectivity index (χ1n) is 6.00. The molecule has 2 heterocycles. The first-order valence-corrected chi connectivity index (χ1v) is 6.00. The Balaban J connectivity index is 2.09. The molecule has 2 aromatic rings. The summed E-state index contributed by atoms with van der Waals surface area (Å²) in [5, 5.41) is 7.04. The van der Waals surface area contributed by atoms with Crippen LogP contribution in [0.3, 0.4) is 0 Å². The lowest BCUT2D eigenvalue weighted by Crippen LogP contribution is -2.32. The van der Waals surface area contributed by atoms with Gasteiger partial charge < -0.3 is 11.1 Å². The second-order valence-corrected chi connectivity index (χ2v) is 4.27. The van der Waals surface area contributed by atoms with Crippen molar-refractivity contribution in [3.05, 3.63) is 30.4 Å². The lowest BCUT2D eigenvalue weighted by molar-refractivity contribution is 0.0939. The maximum Gasteiger partial charge on any atom is 0.255 e. The van der Waals surface area contributed by atoms with Crippen molar-refractivity contribution < 1.29 is 4.79 Å². The zero-order chi connectivity index (χ0) is 13.0. The number of nitrogens with one attached hydrogen (secondary N) is 1. The number of hydrogen-bond donors (Lipinski definition) is 2. The SMILES string of the molecule is CC(CCCN)NC(=O)c1cnn2ccncc12. The second-order valence-electron chi connectivity index (χ2n) is 4.27. The minimum atomic E-state index is -0.123. The maximum atomic E-state index is 12.1. The number of carbonyl (C=O) groups is 1. The summed E-state index contributed by atoms with van der Waals surface area (Å²) in [6.45, 7) is 2.61. The number of nitrogens with zero attached hydrogens (tertiary/aromatic N) is 3. The van der Waals surface area contributed by atoms with E-state index in [4.69, 9.17) is 5.73 Å². The molecule has 0 bridgehead atoms. The molecule has 6 heteroatoms. The van der Waals surface area contributed by atoms with Crippen LogP contribution in [0.2, 0.25) is 0 Å². The summed E-state index contributed by atoms with van der Waals surface area (Å²) in [5.41, 5.74) is 6.70. The molecule has 0 fully saturated rings. The van der Waals surface area contributed by atoms with Gasteiger partial charge in [0.25, 0.3) is 5.91 Å². The van der Waals surface area contributed by atoms with E-state index in [1.165, 1.54) is 0 Å². The van der Waals surface area contributed by atoms with Gasteiger partial charge >= 0.3 is 0 Å². The van der Waals surface area contributed by atoms with Gasteiger partial charge in [0.2, 0.25) is 0 Å². The van der Waals surface area contributed by atoms with Crippen molar-refractivity contribution in [3.63, 3.8) is 0 Å². The summed E-state index contributed by atoms with van der Waals surface area (Å²) in [7, 11) is 0. The number of nitrogens with two attached hydrogens (primary N) is 1. The van der Waals surface area contributed by atoms with Gasteiger partial charge in [-0.05, 0) is 26.3 Å². The summed E-state index contributed by atoms with van der Waals surface area (Å²) in [6.07, 6.45) is 8.31. The summed E-state index contributed by atoms with van der Waals surface area (Å²) in [5.74, 6) is -0.123. The van der Waals surface area contributed by atoms with Gasteiger partial charge in [-0.15, -0.1) is 0 Å². The van der Waals surface area contributed by atoms with Gasteiger partial charge in [0.15, 0.2) is 0 Å². The van der Waals surface area contributed by atoms with Crippen LogP contribution in [0.25, 0.3) is 5.52 Å². The Bertz CT molecular complexity index is 536. The Labute approximate surface area is 105 Å². The van der Waals surface area contributed by atoms with E-state index >= 15 is 0 Å². The zero-order valence-corrected chi connectivity index (χ0v) is 10.3. The molecule has 1 atom stereocenters. The van der Waals surface area contributed by atoms with Crippen LogP contribution in [0, 0.1) is 0 Å². The molecule has 1 unspecified atom stereocenters. The summed E-state index contributed by atoms with van der Waals surface area (Å²) in [4.78, 5) is 16.1. The molecule has 96 valence electrons. The normalized spacial score (nSPS) is 12.6. The van der Waals surface area contributed by atoms with E-state index in [1.54, 1.807) is 29.3 Å². The fraction of sp³-hybridized carbons (Fsp3) is 0.417. The molecule has 0 saturated heterocycles. The van der Waals surface area contributed by atoms with Crippen LogP contribution in [0.4, 0.5) is 0 Å². The molecule has 0 saturated carbocycles. The Morgan fingerprint density at radius 1 is 1.56 bits per heavy atom. The van der Waals surface area contributed by atoms with Crippen LogP contribution in [-0.4, -0.2) is 33.1 Å². The van der Waals surface area contributed by atoms with Crippen molar-refractivity contribution in [3.8, 4) is 0 Å². The number of aromatic nitrogens is 3. The molecule has 2 rings (SSSR count). The van der Waals surface area contributed by atoms with Crippen molar-refractivity contribution in [1.29, 1.82) is 0 Å². The molecule has 6 nitrogen and oxygen atoms in total. The highest BCUT2D eigenvalue weighted by Gasteiger charge is 2.14. The molecule has 0 aliphatic rings. The molecule has 18 heavy (non-hydrogen) atoms. The molecule has 0 radical (unpaired) electrons. The molecule has 3 N–H and O–H groups in total. The van der Waals surface area contributed by atoms with E-state index in [1.807, 2.05) is 6.92 Å². The van der Waals surface area contributed by atoms with E-state index < -0.39 is 0 Å². The van der Waals surface area contributed by atoms with Gasteiger partial charge in [-0.1, -0.05) is 0 Å². The average Bonchev–Trinajstić information content (AvgIpc) is 2.80. The van der Waals surface area contributed by atoms with Crippen molar-refractivity contribution in [2.24, 2.45) is 5.73 Å². The molecule has 0 aliphatic heterocycles. The van der Waals surface area contributed by atoms with E-state index in [0.29, 0.717) is 17.6 Å². The molecule has 1 amide bonds. The third-order valence-electron chi connectivity index (χ3n) is 2.79. The third-order valence-corrected chi connectivity index (χ3v) is 2.79. The monoisotopic (exact) mass is 247 g/mol. The predicted octanol–water partition coefficient (Wildman–Crippen LogP) is 0.587. The zero-order valence-electron chi connectivity index (χ0n) is 10.3. The Kier molecular flexibility index (Phi) is 3.88. The van der Waals surface area contributed by atoms with Crippen LogP contribution >= 0.6 is 0 Å². The van der Waals surface area contributed by atoms with Crippen LogP contribution in [0.1, 0.15) is 30.1 Å². The smallest absolute Gasteiger partial charge is 0.255 e. The molecular weight excluding hydrogens is 230 g/mol. The number of carbonyl (C=O) groups excluding carboxylic acids is 1. The predicted molar refractivity (Wildman–Crippen MR) is 68.2 cm³/mol. The molecule has 0 spiro atoms. The first-order chi connectivity index (χ1) is 8.72. The van der Waals surface area contributed by atoms with Crippen molar-refractivity contribution in [2.45, 2.75) is 25.8 Å². The summed E-state index contributed by atoms with van der Waals surface area (Å²) < 4.78 is 1.63. The maximum absolute atomic E-state index is 12.1. The molecule has 2 aromatic heterocycles. The van der Waals surface area contributed by atoms with E-state index in [-0.39, 0.29) is 11.9 Å². The second kappa shape index (κ2) is 5.59. The molecule has 0 aromatic carbocycles. The highest BCUT2D eigenvalue weighted by molar-refractivity contribution is 6.00. The summed E-state index contributed by atoms with van der Waals surface area (Å²) >= 11 is 0. The number of fused-ring (bicyclic) bond motifs is 1. The minimum Gasteiger partial charge on any atom is -0.349 e. The van der Waals surface area contributed by atoms with Gasteiger partial charge in [-0.25, -0.2) is 4.52 Å². The van der Waals surface area contributed by atoms with Gasteiger partial charge in [-0.3, -0.25) is 9.78 Å². The van der Waals surface area contributed by atoms with Crippen molar-refractivity contribution in [1.82, 2.24) is 19.9 Å². The molecule has 0 aliphatic carbocycles. The Morgan fingerprint density at radius 2 is 2.39 bits per heavy atom. The number of amides is 1. The third kappa shape index (κ3) is 2.65. The highest BCUT2D eigenvalue weighted by Crippen LogP contribution is 2.09. The van der Waals surface area contributed by atoms with E-state index in [2.05, 4.69) is 15.4 Å². The van der Waals surface area contributed by atoms with Crippen LogP contribution < -0.4 is 11.1 Å². The topological polar surface area (TPSA) is 85.3 Å². The van der Waals surface area contributed by atoms with Gasteiger partial charge in [-0.2, -0.15) is 5.10 Å². The number of rotatable bonds is 5. The van der Waals surface area contributed by atoms with Crippen LogP contribution in [0.15, 0.2) is 24.8 Å². The Morgan fingerprint density at radius 3 is 3.17 bits per heavy atom. The van der Waals surface area contributed by atoms with E-state index in [0.717, 1.165) is 12.8 Å². The fourth-order valence-corrected chi connectivity index (χ4v) is 1.81. The lowest BCUT2D eigenvalue weighted by Gasteiger charge is -2.12. The largest absolute Gasteiger partial charge is 0.349 e. The quantitative estimate of drug-likeness (QED) is 0.809. The van der Waals surface area contributed by atoms with Gasteiger partial charge in [0.1, 0.15) is 0 Å².